The zero-order valence-electron chi connectivity index (χ0n) is 18.8. The van der Waals surface area contributed by atoms with E-state index in [4.69, 9.17) is 4.74 Å². The maximum atomic E-state index is 13.1. The number of carboxylic acids is 1. The molecular formula is C26H30N2O5. The molecule has 2 amide bonds. The number of carbonyl (C=O) groups excluding carboxylic acids is 2. The third-order valence-electron chi connectivity index (χ3n) is 6.58. The molecule has 33 heavy (non-hydrogen) atoms. The number of aliphatic carboxylic acids is 1. The molecule has 1 aliphatic heterocycles. The molecule has 2 aromatic rings. The number of ether oxygens (including phenoxy) is 1. The maximum Gasteiger partial charge on any atom is 0.407 e. The van der Waals surface area contributed by atoms with Crippen LogP contribution in [0, 0.1) is 0 Å². The fourth-order valence-corrected chi connectivity index (χ4v) is 4.98. The summed E-state index contributed by atoms with van der Waals surface area (Å²) in [5.41, 5.74) is 4.52. The van der Waals surface area contributed by atoms with E-state index >= 15 is 0 Å². The van der Waals surface area contributed by atoms with E-state index in [0.29, 0.717) is 25.8 Å². The van der Waals surface area contributed by atoms with Crippen LogP contribution < -0.4 is 5.32 Å². The number of nitrogens with one attached hydrogen (secondary N) is 1. The molecule has 2 N–H and O–H groups in total. The monoisotopic (exact) mass is 450 g/mol. The van der Waals surface area contributed by atoms with Gasteiger partial charge in [0.1, 0.15) is 18.7 Å². The Morgan fingerprint density at radius 1 is 1.06 bits per heavy atom. The molecule has 2 aromatic carbocycles. The van der Waals surface area contributed by atoms with Gasteiger partial charge in [0.25, 0.3) is 0 Å². The Morgan fingerprint density at radius 2 is 1.70 bits per heavy atom. The molecule has 0 aromatic heterocycles. The van der Waals surface area contributed by atoms with Crippen LogP contribution in [0.2, 0.25) is 0 Å². The van der Waals surface area contributed by atoms with E-state index in [0.717, 1.165) is 35.1 Å². The van der Waals surface area contributed by atoms with Gasteiger partial charge in [0.05, 0.1) is 0 Å². The summed E-state index contributed by atoms with van der Waals surface area (Å²) >= 11 is 0. The highest BCUT2D eigenvalue weighted by atomic mass is 16.5. The van der Waals surface area contributed by atoms with E-state index in [1.165, 1.54) is 4.90 Å². The summed E-state index contributed by atoms with van der Waals surface area (Å²) in [5.74, 6) is -1.42. The first-order chi connectivity index (χ1) is 16.0. The second-order valence-corrected chi connectivity index (χ2v) is 8.69. The van der Waals surface area contributed by atoms with Crippen molar-refractivity contribution in [3.63, 3.8) is 0 Å². The number of rotatable bonds is 7. The SMILES string of the molecule is CCCC(NC(=O)OCC1c2ccccc2-c2ccccc21)C(=O)N1CCCCC1C(=O)O. The molecule has 174 valence electrons. The third kappa shape index (κ3) is 4.72. The molecule has 1 saturated heterocycles. The largest absolute Gasteiger partial charge is 0.480 e. The van der Waals surface area contributed by atoms with E-state index < -0.39 is 24.1 Å². The normalized spacial score (nSPS) is 18.2. The second kappa shape index (κ2) is 10.1. The van der Waals surface area contributed by atoms with Gasteiger partial charge in [-0.05, 0) is 47.9 Å². The van der Waals surface area contributed by atoms with Gasteiger partial charge in [-0.2, -0.15) is 0 Å². The zero-order chi connectivity index (χ0) is 23.4. The number of carbonyl (C=O) groups is 3. The smallest absolute Gasteiger partial charge is 0.407 e. The standard InChI is InChI=1S/C26H30N2O5/c1-2-9-22(24(29)28-15-8-7-14-23(28)25(30)31)27-26(32)33-16-21-19-12-5-3-10-17(19)18-11-4-6-13-20(18)21/h3-6,10-13,21-23H,2,7-9,14-16H2,1H3,(H,27,32)(H,30,31). The van der Waals surface area contributed by atoms with Gasteiger partial charge in [0, 0.05) is 12.5 Å². The fourth-order valence-electron chi connectivity index (χ4n) is 4.98. The van der Waals surface area contributed by atoms with Crippen LogP contribution in [0.15, 0.2) is 48.5 Å². The summed E-state index contributed by atoms with van der Waals surface area (Å²) in [5, 5.41) is 12.2. The molecule has 0 saturated carbocycles. The van der Waals surface area contributed by atoms with E-state index in [1.807, 2.05) is 43.3 Å². The number of piperidine rings is 1. The average molecular weight is 451 g/mol. The number of hydrogen-bond acceptors (Lipinski definition) is 4. The van der Waals surface area contributed by atoms with Crippen LogP contribution >= 0.6 is 0 Å². The van der Waals surface area contributed by atoms with Crippen molar-refractivity contribution in [1.29, 1.82) is 0 Å². The first kappa shape index (κ1) is 22.8. The molecule has 7 nitrogen and oxygen atoms in total. The molecule has 2 atom stereocenters. The minimum Gasteiger partial charge on any atom is -0.480 e. The number of benzene rings is 2. The van der Waals surface area contributed by atoms with Crippen molar-refractivity contribution in [2.75, 3.05) is 13.2 Å². The minimum absolute atomic E-state index is 0.0676. The highest BCUT2D eigenvalue weighted by Gasteiger charge is 2.36. The van der Waals surface area contributed by atoms with Crippen LogP contribution in [0.25, 0.3) is 11.1 Å². The molecule has 1 aliphatic carbocycles. The highest BCUT2D eigenvalue weighted by molar-refractivity contribution is 5.89. The Kier molecular flexibility index (Phi) is 6.96. The summed E-state index contributed by atoms with van der Waals surface area (Å²) in [6.45, 7) is 2.47. The van der Waals surface area contributed by atoms with Gasteiger partial charge in [-0.1, -0.05) is 61.9 Å². The molecule has 2 aliphatic rings. The summed E-state index contributed by atoms with van der Waals surface area (Å²) < 4.78 is 5.59. The van der Waals surface area contributed by atoms with Crippen LogP contribution in [-0.4, -0.2) is 53.2 Å². The van der Waals surface area contributed by atoms with Crippen molar-refractivity contribution in [2.45, 2.75) is 57.0 Å². The Bertz CT molecular complexity index is 991. The third-order valence-corrected chi connectivity index (χ3v) is 6.58. The van der Waals surface area contributed by atoms with Gasteiger partial charge < -0.3 is 20.1 Å². The first-order valence-electron chi connectivity index (χ1n) is 11.7. The van der Waals surface area contributed by atoms with E-state index in [-0.39, 0.29) is 18.4 Å². The number of amides is 2. The lowest BCUT2D eigenvalue weighted by atomic mass is 9.98. The number of hydrogen-bond donors (Lipinski definition) is 2. The maximum absolute atomic E-state index is 13.1. The number of carboxylic acid groups (broad SMARTS) is 1. The van der Waals surface area contributed by atoms with Crippen LogP contribution in [0.5, 0.6) is 0 Å². The zero-order valence-corrected chi connectivity index (χ0v) is 18.8. The van der Waals surface area contributed by atoms with Crippen molar-refractivity contribution in [2.24, 2.45) is 0 Å². The van der Waals surface area contributed by atoms with Gasteiger partial charge >= 0.3 is 12.1 Å². The minimum atomic E-state index is -1.00. The Hall–Kier alpha value is -3.35. The van der Waals surface area contributed by atoms with Crippen LogP contribution in [0.4, 0.5) is 4.79 Å². The van der Waals surface area contributed by atoms with Crippen molar-refractivity contribution in [1.82, 2.24) is 10.2 Å². The molecule has 1 fully saturated rings. The van der Waals surface area contributed by atoms with Gasteiger partial charge in [-0.3, -0.25) is 4.79 Å². The van der Waals surface area contributed by atoms with Crippen LogP contribution in [-0.2, 0) is 14.3 Å². The second-order valence-electron chi connectivity index (χ2n) is 8.69. The molecule has 1 heterocycles. The van der Waals surface area contributed by atoms with Gasteiger partial charge in [-0.15, -0.1) is 0 Å². The molecule has 4 rings (SSSR count). The molecule has 0 radical (unpaired) electrons. The lowest BCUT2D eigenvalue weighted by Crippen LogP contribution is -2.55. The number of alkyl carbamates (subject to hydrolysis) is 1. The summed E-state index contributed by atoms with van der Waals surface area (Å²) in [6.07, 6.45) is 2.41. The van der Waals surface area contributed by atoms with Gasteiger partial charge in [-0.25, -0.2) is 9.59 Å². The topological polar surface area (TPSA) is 95.9 Å². The Labute approximate surface area is 193 Å². The van der Waals surface area contributed by atoms with Crippen LogP contribution in [0.3, 0.4) is 0 Å². The lowest BCUT2D eigenvalue weighted by Gasteiger charge is -2.35. The quantitative estimate of drug-likeness (QED) is 0.660. The molecule has 7 heteroatoms. The van der Waals surface area contributed by atoms with Crippen molar-refractivity contribution in [3.05, 3.63) is 59.7 Å². The van der Waals surface area contributed by atoms with E-state index in [2.05, 4.69) is 17.4 Å². The van der Waals surface area contributed by atoms with Crippen LogP contribution in [0.1, 0.15) is 56.1 Å². The molecule has 2 unspecified atom stereocenters. The fraction of sp³-hybridized carbons (Fsp3) is 0.423. The molecule has 0 spiro atoms. The van der Waals surface area contributed by atoms with Crippen molar-refractivity contribution in [3.8, 4) is 11.1 Å². The van der Waals surface area contributed by atoms with E-state index in [9.17, 15) is 19.5 Å². The number of nitrogens with zero attached hydrogens (tertiary/aromatic N) is 1. The highest BCUT2D eigenvalue weighted by Crippen LogP contribution is 2.44. The molecular weight excluding hydrogens is 420 g/mol. The Morgan fingerprint density at radius 3 is 2.30 bits per heavy atom. The Balaban J connectivity index is 1.43. The van der Waals surface area contributed by atoms with Crippen molar-refractivity contribution >= 4 is 18.0 Å². The van der Waals surface area contributed by atoms with Gasteiger partial charge in [0.2, 0.25) is 5.91 Å². The van der Waals surface area contributed by atoms with Gasteiger partial charge in [0.15, 0.2) is 0 Å². The number of likely N-dealkylation sites (tertiary alicyclic amines) is 1. The summed E-state index contributed by atoms with van der Waals surface area (Å²) in [6, 6.07) is 14.6. The van der Waals surface area contributed by atoms with Crippen molar-refractivity contribution < 1.29 is 24.2 Å². The molecule has 0 bridgehead atoms. The first-order valence-corrected chi connectivity index (χ1v) is 11.7. The number of fused-ring (bicyclic) bond motifs is 3. The lowest BCUT2D eigenvalue weighted by molar-refractivity contribution is -0.153. The average Bonchev–Trinajstić information content (AvgIpc) is 3.15. The predicted octanol–water partition coefficient (Wildman–Crippen LogP) is 4.16. The predicted molar refractivity (Wildman–Crippen MR) is 124 cm³/mol. The summed E-state index contributed by atoms with van der Waals surface area (Å²) in [7, 11) is 0. The van der Waals surface area contributed by atoms with E-state index in [1.54, 1.807) is 0 Å². The summed E-state index contributed by atoms with van der Waals surface area (Å²) in [4.78, 5) is 38.8.